The summed E-state index contributed by atoms with van der Waals surface area (Å²) in [7, 11) is 0. The summed E-state index contributed by atoms with van der Waals surface area (Å²) in [5, 5.41) is 18.9. The van der Waals surface area contributed by atoms with Crippen LogP contribution in [0.25, 0.3) is 0 Å². The second-order valence-electron chi connectivity index (χ2n) is 4.50. The highest BCUT2D eigenvalue weighted by Crippen LogP contribution is 2.63. The van der Waals surface area contributed by atoms with E-state index in [0.717, 1.165) is 6.42 Å². The molecule has 2 aliphatic rings. The molecule has 0 saturated heterocycles. The molecule has 68 valence electrons. The molecule has 0 aromatic rings. The average molecular weight is 168 g/mol. The van der Waals surface area contributed by atoms with Gasteiger partial charge in [0.05, 0.1) is 6.10 Å². The Morgan fingerprint density at radius 3 is 2.92 bits per heavy atom. The second kappa shape index (κ2) is 2.33. The lowest BCUT2D eigenvalue weighted by Gasteiger charge is -2.14. The number of aliphatic hydroxyl groups is 2. The molecule has 2 N–H and O–H groups in total. The van der Waals surface area contributed by atoms with Gasteiger partial charge in [0.15, 0.2) is 0 Å². The molecule has 0 amide bonds. The number of hydrogen-bond acceptors (Lipinski definition) is 2. The Labute approximate surface area is 72.9 Å². The van der Waals surface area contributed by atoms with Crippen LogP contribution in [0.2, 0.25) is 0 Å². The van der Waals surface area contributed by atoms with Crippen molar-refractivity contribution in [3.63, 3.8) is 0 Å². The molecule has 4 atom stereocenters. The van der Waals surface area contributed by atoms with Crippen LogP contribution in [0.15, 0.2) is 11.6 Å². The van der Waals surface area contributed by atoms with Crippen molar-refractivity contribution in [3.05, 3.63) is 11.6 Å². The number of hydrogen-bond donors (Lipinski definition) is 2. The fraction of sp³-hybridized carbons (Fsp3) is 0.800. The number of rotatable bonds is 1. The summed E-state index contributed by atoms with van der Waals surface area (Å²) < 4.78 is 0. The van der Waals surface area contributed by atoms with Gasteiger partial charge in [0.2, 0.25) is 0 Å². The Morgan fingerprint density at radius 2 is 2.33 bits per heavy atom. The molecule has 1 fully saturated rings. The van der Waals surface area contributed by atoms with E-state index in [9.17, 15) is 5.11 Å². The van der Waals surface area contributed by atoms with Gasteiger partial charge in [-0.1, -0.05) is 18.6 Å². The highest BCUT2D eigenvalue weighted by Gasteiger charge is 2.63. The summed E-state index contributed by atoms with van der Waals surface area (Å²) in [4.78, 5) is 0. The maximum atomic E-state index is 9.70. The fourth-order valence-electron chi connectivity index (χ4n) is 2.65. The quantitative estimate of drug-likeness (QED) is 0.572. The lowest BCUT2D eigenvalue weighted by molar-refractivity contribution is 0.114. The zero-order valence-corrected chi connectivity index (χ0v) is 7.62. The third kappa shape index (κ3) is 0.882. The van der Waals surface area contributed by atoms with E-state index in [1.807, 2.05) is 0 Å². The van der Waals surface area contributed by atoms with Gasteiger partial charge in [0, 0.05) is 17.9 Å². The molecule has 0 heterocycles. The second-order valence-corrected chi connectivity index (χ2v) is 4.50. The Morgan fingerprint density at radius 1 is 1.67 bits per heavy atom. The summed E-state index contributed by atoms with van der Waals surface area (Å²) in [6, 6.07) is 0. The van der Waals surface area contributed by atoms with E-state index in [1.54, 1.807) is 0 Å². The van der Waals surface area contributed by atoms with Crippen LogP contribution in [0, 0.1) is 17.3 Å². The summed E-state index contributed by atoms with van der Waals surface area (Å²) in [5.74, 6) is 0.734. The van der Waals surface area contributed by atoms with E-state index >= 15 is 0 Å². The average Bonchev–Trinajstić information content (AvgIpc) is 2.58. The first-order chi connectivity index (χ1) is 5.59. The van der Waals surface area contributed by atoms with Gasteiger partial charge in [-0.15, -0.1) is 0 Å². The Hall–Kier alpha value is -0.340. The van der Waals surface area contributed by atoms with Gasteiger partial charge >= 0.3 is 0 Å². The van der Waals surface area contributed by atoms with E-state index in [-0.39, 0.29) is 18.1 Å². The third-order valence-electron chi connectivity index (χ3n) is 3.55. The summed E-state index contributed by atoms with van der Waals surface area (Å²) in [6.45, 7) is 4.30. The van der Waals surface area contributed by atoms with Gasteiger partial charge < -0.3 is 10.2 Å². The van der Waals surface area contributed by atoms with E-state index in [1.165, 1.54) is 5.57 Å². The lowest BCUT2D eigenvalue weighted by atomic mass is 9.98. The first-order valence-electron chi connectivity index (χ1n) is 4.56. The maximum Gasteiger partial charge on any atom is 0.0617 e. The van der Waals surface area contributed by atoms with Gasteiger partial charge in [-0.05, 0) is 19.3 Å². The SMILES string of the molecule is CC1=C[C@@H]2[C@H]([C@H](O)C1)[C@@]2(C)CO. The smallest absolute Gasteiger partial charge is 0.0617 e. The van der Waals surface area contributed by atoms with Crippen LogP contribution in [0.1, 0.15) is 20.3 Å². The van der Waals surface area contributed by atoms with Crippen LogP contribution < -0.4 is 0 Å². The molecular formula is C10H16O2. The lowest BCUT2D eigenvalue weighted by Crippen LogP contribution is -2.17. The van der Waals surface area contributed by atoms with Crippen LogP contribution in [-0.2, 0) is 0 Å². The molecule has 0 bridgehead atoms. The Balaban J connectivity index is 2.22. The number of allylic oxidation sites excluding steroid dienone is 1. The van der Waals surface area contributed by atoms with Gasteiger partial charge in [0.25, 0.3) is 0 Å². The van der Waals surface area contributed by atoms with Gasteiger partial charge in [-0.3, -0.25) is 0 Å². The highest BCUT2D eigenvalue weighted by molar-refractivity contribution is 5.26. The molecule has 1 saturated carbocycles. The third-order valence-corrected chi connectivity index (χ3v) is 3.55. The van der Waals surface area contributed by atoms with Gasteiger partial charge in [-0.2, -0.15) is 0 Å². The van der Waals surface area contributed by atoms with Gasteiger partial charge in [0.1, 0.15) is 0 Å². The Bertz CT molecular complexity index is 234. The first-order valence-corrected chi connectivity index (χ1v) is 4.56. The molecular weight excluding hydrogens is 152 g/mol. The van der Waals surface area contributed by atoms with Crippen molar-refractivity contribution in [2.24, 2.45) is 17.3 Å². The van der Waals surface area contributed by atoms with Crippen molar-refractivity contribution < 1.29 is 10.2 Å². The minimum absolute atomic E-state index is 0.0306. The van der Waals surface area contributed by atoms with E-state index in [0.29, 0.717) is 11.8 Å². The summed E-state index contributed by atoms with van der Waals surface area (Å²) in [5.41, 5.74) is 1.23. The first kappa shape index (κ1) is 8.27. The zero-order chi connectivity index (χ0) is 8.93. The van der Waals surface area contributed by atoms with Gasteiger partial charge in [-0.25, -0.2) is 0 Å². The zero-order valence-electron chi connectivity index (χ0n) is 7.62. The Kier molecular flexibility index (Phi) is 1.61. The topological polar surface area (TPSA) is 40.5 Å². The highest BCUT2D eigenvalue weighted by atomic mass is 16.3. The standard InChI is InChI=1S/C10H16O2/c1-6-3-7-9(8(12)4-6)10(7,2)5-11/h3,7-9,11-12H,4-5H2,1-2H3/t7-,8-,9-,10+/m1/s1. The van der Waals surface area contributed by atoms with E-state index in [4.69, 9.17) is 5.11 Å². The predicted octanol–water partition coefficient (Wildman–Crippen LogP) is 0.942. The molecule has 0 radical (unpaired) electrons. The maximum absolute atomic E-state index is 9.70. The molecule has 2 nitrogen and oxygen atoms in total. The molecule has 0 aromatic heterocycles. The van der Waals surface area contributed by atoms with Crippen molar-refractivity contribution >= 4 is 0 Å². The van der Waals surface area contributed by atoms with Crippen LogP contribution in [0.3, 0.4) is 0 Å². The van der Waals surface area contributed by atoms with Crippen molar-refractivity contribution in [2.45, 2.75) is 26.4 Å². The number of aliphatic hydroxyl groups excluding tert-OH is 2. The predicted molar refractivity (Wildman–Crippen MR) is 46.6 cm³/mol. The van der Waals surface area contributed by atoms with Crippen LogP contribution in [0.5, 0.6) is 0 Å². The normalized spacial score (nSPS) is 51.3. The molecule has 2 rings (SSSR count). The summed E-state index contributed by atoms with van der Waals surface area (Å²) >= 11 is 0. The monoisotopic (exact) mass is 168 g/mol. The molecule has 12 heavy (non-hydrogen) atoms. The van der Waals surface area contributed by atoms with Crippen molar-refractivity contribution in [3.8, 4) is 0 Å². The minimum atomic E-state index is -0.225. The molecule has 2 aliphatic carbocycles. The molecule has 0 spiro atoms. The summed E-state index contributed by atoms with van der Waals surface area (Å²) in [6.07, 6.45) is 2.78. The molecule has 0 aromatic carbocycles. The van der Waals surface area contributed by atoms with Crippen LogP contribution >= 0.6 is 0 Å². The molecule has 0 aliphatic heterocycles. The van der Waals surface area contributed by atoms with Crippen LogP contribution in [-0.4, -0.2) is 22.9 Å². The van der Waals surface area contributed by atoms with Crippen molar-refractivity contribution in [2.75, 3.05) is 6.61 Å². The number of fused-ring (bicyclic) bond motifs is 1. The minimum Gasteiger partial charge on any atom is -0.396 e. The molecule has 2 heteroatoms. The van der Waals surface area contributed by atoms with E-state index in [2.05, 4.69) is 19.9 Å². The largest absolute Gasteiger partial charge is 0.396 e. The van der Waals surface area contributed by atoms with E-state index < -0.39 is 0 Å². The van der Waals surface area contributed by atoms with Crippen molar-refractivity contribution in [1.82, 2.24) is 0 Å². The van der Waals surface area contributed by atoms with Crippen LogP contribution in [0.4, 0.5) is 0 Å². The van der Waals surface area contributed by atoms with Crippen molar-refractivity contribution in [1.29, 1.82) is 0 Å². The molecule has 0 unspecified atom stereocenters. The fourth-order valence-corrected chi connectivity index (χ4v) is 2.65.